The Morgan fingerprint density at radius 2 is 0.750 bits per heavy atom. The number of ether oxygens (including phenoxy) is 4. The van der Waals surface area contributed by atoms with E-state index in [4.69, 9.17) is 78.5 Å². The summed E-state index contributed by atoms with van der Waals surface area (Å²) in [6.07, 6.45) is 36.2. The van der Waals surface area contributed by atoms with Crippen LogP contribution in [0.15, 0.2) is 58.9 Å². The standard InChI is InChI=1S/C86H94Cl4N4O6S4/c1-9-15-21-27-29-35-41-97-75-71-77-83(79-61(85(99-77,37-31-23-17-11-3)38-32-24-18-12-4)45-53(101-79)43-59-69(67(51-91)93-7)55-47-63(87)65(89)49-57(55)73(59)95)104-82(71)76(98-42-36-30-28-22-16-10-2)72-78-84(103-81(72)75)80-62(86(100-78,39-33-25-19-13-5)40-34-26-20-14-6)46-54(102-80)44-60-70(68(52-92)94-8)56-48-64(88)66(90)50-58(56)74(60)96/h43-50H,9-42H2,1-6H3/b59-43-,60-44-,69-67-,70-68+. The lowest BCUT2D eigenvalue weighted by Gasteiger charge is -2.39. The third-order valence-corrected chi connectivity index (χ3v) is 27.2. The molecule has 2 aliphatic heterocycles. The number of nitriles is 2. The van der Waals surface area contributed by atoms with Gasteiger partial charge in [-0.05, 0) is 124 Å². The number of unbranched alkanes of at least 4 members (excludes halogenated alkanes) is 22. The van der Waals surface area contributed by atoms with Crippen molar-refractivity contribution in [2.75, 3.05) is 13.2 Å². The highest BCUT2D eigenvalue weighted by atomic mass is 35.5. The number of ketones is 2. The van der Waals surface area contributed by atoms with Crippen molar-refractivity contribution in [2.24, 2.45) is 0 Å². The second kappa shape index (κ2) is 36.5. The number of halogens is 4. The molecule has 0 unspecified atom stereocenters. The van der Waals surface area contributed by atoms with Gasteiger partial charge < -0.3 is 18.9 Å². The number of Topliss-reactive ketones (excluding diaryl/α,β-unsaturated/α-hetero) is 2. The van der Waals surface area contributed by atoms with Crippen molar-refractivity contribution < 1.29 is 28.5 Å². The highest BCUT2D eigenvalue weighted by molar-refractivity contribution is 7.29. The minimum atomic E-state index is -0.797. The van der Waals surface area contributed by atoms with E-state index in [1.165, 1.54) is 12.8 Å². The van der Waals surface area contributed by atoms with Gasteiger partial charge >= 0.3 is 0 Å². The summed E-state index contributed by atoms with van der Waals surface area (Å²) in [6.45, 7) is 30.8. The summed E-state index contributed by atoms with van der Waals surface area (Å²) >= 11 is 33.1. The maximum atomic E-state index is 14.9. The fraction of sp³-hybridized carbons (Fsp3) is 0.488. The first kappa shape index (κ1) is 78.7. The summed E-state index contributed by atoms with van der Waals surface area (Å²) in [5, 5.41) is 23.7. The number of nitrogens with zero attached hydrogens (tertiary/aromatic N) is 4. The topological polar surface area (TPSA) is 127 Å². The summed E-state index contributed by atoms with van der Waals surface area (Å²) in [7, 11) is 0. The van der Waals surface area contributed by atoms with Gasteiger partial charge in [0.25, 0.3) is 11.4 Å². The Morgan fingerprint density at radius 3 is 1.07 bits per heavy atom. The van der Waals surface area contributed by atoms with Crippen LogP contribution in [0, 0.1) is 35.8 Å². The van der Waals surface area contributed by atoms with Gasteiger partial charge in [0, 0.05) is 54.3 Å². The van der Waals surface area contributed by atoms with E-state index in [1.54, 1.807) is 69.6 Å². The fourth-order valence-corrected chi connectivity index (χ4v) is 21.3. The zero-order valence-electron chi connectivity index (χ0n) is 61.0. The predicted molar refractivity (Wildman–Crippen MR) is 437 cm³/mol. The average Bonchev–Trinajstić information content (AvgIpc) is 1.53. The Labute approximate surface area is 651 Å². The second-order valence-corrected chi connectivity index (χ2v) is 34.2. The molecule has 2 aliphatic carbocycles. The fourth-order valence-electron chi connectivity index (χ4n) is 15.5. The van der Waals surface area contributed by atoms with Crippen molar-refractivity contribution in [3.63, 3.8) is 0 Å². The average molecular weight is 1550 g/mol. The van der Waals surface area contributed by atoms with Crippen LogP contribution in [0.4, 0.5) is 0 Å². The first-order chi connectivity index (χ1) is 50.6. The van der Waals surface area contributed by atoms with Gasteiger partial charge in [-0.1, -0.05) is 229 Å². The van der Waals surface area contributed by atoms with Gasteiger partial charge in [0.1, 0.15) is 22.7 Å². The van der Waals surface area contributed by atoms with Crippen LogP contribution < -0.4 is 18.9 Å². The van der Waals surface area contributed by atoms with E-state index in [9.17, 15) is 20.1 Å². The molecule has 0 fully saturated rings. The lowest BCUT2D eigenvalue weighted by atomic mass is 9.81. The van der Waals surface area contributed by atoms with E-state index in [0.29, 0.717) is 35.5 Å². The SMILES string of the molecule is [C-]#[N+]/C(C#N)=C1\C(=C\c2cc3c(s2)-c2sc4c(OCCCCCCCC)c5c6c(sc5c(OCCCCCCCC)c4c2OC3(CCCCCC)CCCCCC)-c2sc(/C=C3\C(=O)c4cc(Cl)c(Cl)cc4\C3=C(\C#N)[N+]#[C-])cc2C(CCCCCC)(CCCCCC)O6)C(=O)c2cc(Cl)c(Cl)cc21. The number of rotatable bonds is 38. The first-order valence-electron chi connectivity index (χ1n) is 38.2. The largest absolute Gasteiger partial charge is 0.491 e. The highest BCUT2D eigenvalue weighted by Gasteiger charge is 2.48. The van der Waals surface area contributed by atoms with Gasteiger partial charge in [-0.3, -0.25) is 9.59 Å². The second-order valence-electron chi connectivity index (χ2n) is 28.3. The number of fused-ring (bicyclic) bond motifs is 12. The zero-order valence-corrected chi connectivity index (χ0v) is 67.3. The zero-order chi connectivity index (χ0) is 73.7. The monoisotopic (exact) mass is 1550 g/mol. The van der Waals surface area contributed by atoms with Crippen molar-refractivity contribution in [3.05, 3.63) is 145 Å². The van der Waals surface area contributed by atoms with Gasteiger partial charge in [-0.15, -0.1) is 45.3 Å². The van der Waals surface area contributed by atoms with Crippen LogP contribution in [0.25, 0.3) is 72.7 Å². The van der Waals surface area contributed by atoms with Crippen LogP contribution in [0.1, 0.15) is 300 Å². The molecule has 546 valence electrons. The molecular formula is C86H94Cl4N4O6S4. The molecule has 0 radical (unpaired) electrons. The lowest BCUT2D eigenvalue weighted by Crippen LogP contribution is -2.35. The minimum Gasteiger partial charge on any atom is -0.491 e. The summed E-state index contributed by atoms with van der Waals surface area (Å²) in [5.74, 6) is 2.37. The summed E-state index contributed by atoms with van der Waals surface area (Å²) in [6, 6.07) is 14.9. The number of hydrogen-bond donors (Lipinski definition) is 0. The van der Waals surface area contributed by atoms with Gasteiger partial charge in [0.15, 0.2) is 23.1 Å². The first-order valence-corrected chi connectivity index (χ1v) is 43.0. The molecule has 3 aromatic carbocycles. The third-order valence-electron chi connectivity index (χ3n) is 21.0. The predicted octanol–water partition coefficient (Wildman–Crippen LogP) is 29.6. The smallest absolute Gasteiger partial charge is 0.270 e. The molecule has 0 spiro atoms. The Bertz CT molecular complexity index is 4330. The molecule has 4 aromatic heterocycles. The summed E-state index contributed by atoms with van der Waals surface area (Å²) in [5.41, 5.74) is 2.55. The van der Waals surface area contributed by atoms with Gasteiger partial charge in [-0.25, -0.2) is 20.2 Å². The Morgan fingerprint density at radius 1 is 0.442 bits per heavy atom. The van der Waals surface area contributed by atoms with Crippen molar-refractivity contribution >= 4 is 147 Å². The number of benzene rings is 3. The van der Waals surface area contributed by atoms with Crippen molar-refractivity contribution in [1.82, 2.24) is 0 Å². The molecular weight excluding hydrogens is 1460 g/mol. The molecule has 0 N–H and O–H groups in total. The molecule has 104 heavy (non-hydrogen) atoms. The maximum absolute atomic E-state index is 14.9. The molecule has 0 saturated heterocycles. The highest BCUT2D eigenvalue weighted by Crippen LogP contribution is 2.68. The Kier molecular flexibility index (Phi) is 27.6. The molecule has 4 aliphatic rings. The van der Waals surface area contributed by atoms with E-state index in [-0.39, 0.29) is 65.3 Å². The Balaban J connectivity index is 1.21. The number of carbonyl (C=O) groups excluding carboxylic acids is 2. The van der Waals surface area contributed by atoms with Crippen LogP contribution in [0.3, 0.4) is 0 Å². The molecule has 0 amide bonds. The normalized spacial score (nSPS) is 16.1. The van der Waals surface area contributed by atoms with Crippen LogP contribution in [-0.2, 0) is 11.2 Å². The molecule has 0 saturated carbocycles. The van der Waals surface area contributed by atoms with Crippen molar-refractivity contribution in [3.8, 4) is 54.6 Å². The summed E-state index contributed by atoms with van der Waals surface area (Å²) < 4.78 is 33.3. The number of hydrogen-bond acceptors (Lipinski definition) is 12. The number of carbonyl (C=O) groups is 2. The van der Waals surface area contributed by atoms with Crippen LogP contribution in [-0.4, -0.2) is 24.8 Å². The van der Waals surface area contributed by atoms with Gasteiger partial charge in [-0.2, -0.15) is 0 Å². The maximum Gasteiger partial charge on any atom is 0.270 e. The van der Waals surface area contributed by atoms with Crippen LogP contribution in [0.2, 0.25) is 20.1 Å². The minimum absolute atomic E-state index is 0.200. The number of allylic oxidation sites excluding steroid dienone is 6. The van der Waals surface area contributed by atoms with E-state index in [0.717, 1.165) is 276 Å². The van der Waals surface area contributed by atoms with Crippen molar-refractivity contribution in [2.45, 2.75) is 258 Å². The quantitative estimate of drug-likeness (QED) is 0.0162. The van der Waals surface area contributed by atoms with E-state index >= 15 is 0 Å². The summed E-state index contributed by atoms with van der Waals surface area (Å²) in [4.78, 5) is 42.7. The molecule has 7 aromatic rings. The number of thiophene rings is 4. The van der Waals surface area contributed by atoms with E-state index in [1.807, 2.05) is 12.2 Å². The van der Waals surface area contributed by atoms with Gasteiger partial charge in [0.05, 0.1) is 98.3 Å². The molecule has 0 atom stereocenters. The molecule has 18 heteroatoms. The molecule has 6 heterocycles. The van der Waals surface area contributed by atoms with Crippen LogP contribution in [0.5, 0.6) is 23.0 Å². The van der Waals surface area contributed by atoms with Crippen molar-refractivity contribution in [1.29, 1.82) is 10.5 Å². The molecule has 10 nitrogen and oxygen atoms in total. The van der Waals surface area contributed by atoms with Crippen LogP contribution >= 0.6 is 91.8 Å². The lowest BCUT2D eigenvalue weighted by molar-refractivity contribution is 0.0408. The Hall–Kier alpha value is -6.40. The molecule has 0 bridgehead atoms. The van der Waals surface area contributed by atoms with E-state index < -0.39 is 11.2 Å². The van der Waals surface area contributed by atoms with E-state index in [2.05, 4.69) is 75.5 Å². The van der Waals surface area contributed by atoms with Gasteiger partial charge in [0.2, 0.25) is 0 Å². The molecule has 11 rings (SSSR count). The third kappa shape index (κ3) is 16.2.